The highest BCUT2D eigenvalue weighted by Gasteiger charge is 2.03. The Morgan fingerprint density at radius 1 is 1.31 bits per heavy atom. The Hall–Kier alpha value is -1.16. The van der Waals surface area contributed by atoms with E-state index in [1.165, 1.54) is 24.3 Å². The molecule has 0 amide bonds. The fourth-order valence-electron chi connectivity index (χ4n) is 0.768. The van der Waals surface area contributed by atoms with Crippen molar-refractivity contribution >= 4 is 0 Å². The van der Waals surface area contributed by atoms with Crippen molar-refractivity contribution < 1.29 is 18.6 Å². The maximum atomic E-state index is 12.4. The molecule has 0 fully saturated rings. The average molecular weight is 188 g/mol. The molecule has 1 unspecified atom stereocenters. The van der Waals surface area contributed by atoms with E-state index in [0.29, 0.717) is 5.75 Å². The standard InChI is InChI=1S/C9H10F2O2/c10-5-8(12)6-13-9-3-1-7(11)2-4-9/h1-4,8,12H,5-6H2. The highest BCUT2D eigenvalue weighted by Crippen LogP contribution is 2.11. The average Bonchev–Trinajstić information content (AvgIpc) is 2.16. The van der Waals surface area contributed by atoms with Gasteiger partial charge in [-0.1, -0.05) is 0 Å². The summed E-state index contributed by atoms with van der Waals surface area (Å²) in [5, 5.41) is 8.80. The van der Waals surface area contributed by atoms with Gasteiger partial charge in [-0.15, -0.1) is 0 Å². The Balaban J connectivity index is 2.41. The largest absolute Gasteiger partial charge is 0.491 e. The number of alkyl halides is 1. The van der Waals surface area contributed by atoms with Crippen LogP contribution in [0.15, 0.2) is 24.3 Å². The smallest absolute Gasteiger partial charge is 0.123 e. The zero-order chi connectivity index (χ0) is 9.68. The lowest BCUT2D eigenvalue weighted by atomic mass is 10.3. The van der Waals surface area contributed by atoms with E-state index in [-0.39, 0.29) is 12.4 Å². The lowest BCUT2D eigenvalue weighted by Gasteiger charge is -2.08. The summed E-state index contributed by atoms with van der Waals surface area (Å²) in [6, 6.07) is 5.30. The van der Waals surface area contributed by atoms with Crippen molar-refractivity contribution in [1.82, 2.24) is 0 Å². The van der Waals surface area contributed by atoms with Gasteiger partial charge in [0.1, 0.15) is 31.0 Å². The molecule has 13 heavy (non-hydrogen) atoms. The molecule has 0 bridgehead atoms. The number of rotatable bonds is 4. The Morgan fingerprint density at radius 2 is 1.92 bits per heavy atom. The SMILES string of the molecule is OC(CF)COc1ccc(F)cc1. The number of hydrogen-bond donors (Lipinski definition) is 1. The number of benzene rings is 1. The van der Waals surface area contributed by atoms with Crippen LogP contribution in [0.25, 0.3) is 0 Å². The molecule has 0 radical (unpaired) electrons. The molecule has 0 aromatic heterocycles. The number of ether oxygens (including phenoxy) is 1. The zero-order valence-electron chi connectivity index (χ0n) is 6.91. The van der Waals surface area contributed by atoms with Gasteiger partial charge in [-0.25, -0.2) is 8.78 Å². The molecule has 0 aliphatic carbocycles. The van der Waals surface area contributed by atoms with Gasteiger partial charge in [0.2, 0.25) is 0 Å². The summed E-state index contributed by atoms with van der Waals surface area (Å²) in [6.07, 6.45) is -1.12. The molecule has 0 aliphatic rings. The van der Waals surface area contributed by atoms with Crippen molar-refractivity contribution in [2.75, 3.05) is 13.3 Å². The molecule has 1 rings (SSSR count). The van der Waals surface area contributed by atoms with E-state index in [0.717, 1.165) is 0 Å². The molecule has 4 heteroatoms. The number of halogens is 2. The van der Waals surface area contributed by atoms with Crippen LogP contribution in [0.4, 0.5) is 8.78 Å². The fourth-order valence-corrected chi connectivity index (χ4v) is 0.768. The van der Waals surface area contributed by atoms with E-state index in [1.54, 1.807) is 0 Å². The van der Waals surface area contributed by atoms with Crippen molar-refractivity contribution in [2.24, 2.45) is 0 Å². The van der Waals surface area contributed by atoms with Crippen LogP contribution in [0, 0.1) is 5.82 Å². The summed E-state index contributed by atoms with van der Waals surface area (Å²) >= 11 is 0. The van der Waals surface area contributed by atoms with Crippen molar-refractivity contribution in [2.45, 2.75) is 6.10 Å². The third kappa shape index (κ3) is 3.38. The van der Waals surface area contributed by atoms with E-state index in [4.69, 9.17) is 9.84 Å². The van der Waals surface area contributed by atoms with Crippen molar-refractivity contribution in [3.8, 4) is 5.75 Å². The van der Waals surface area contributed by atoms with Gasteiger partial charge in [-0.05, 0) is 24.3 Å². The monoisotopic (exact) mass is 188 g/mol. The molecular formula is C9H10F2O2. The third-order valence-electron chi connectivity index (χ3n) is 1.43. The van der Waals surface area contributed by atoms with Gasteiger partial charge in [-0.3, -0.25) is 0 Å². The van der Waals surface area contributed by atoms with E-state index in [9.17, 15) is 8.78 Å². The minimum atomic E-state index is -1.12. The maximum Gasteiger partial charge on any atom is 0.123 e. The first kappa shape index (κ1) is 9.92. The predicted octanol–water partition coefficient (Wildman–Crippen LogP) is 1.53. The first-order valence-electron chi connectivity index (χ1n) is 3.85. The minimum Gasteiger partial charge on any atom is -0.491 e. The topological polar surface area (TPSA) is 29.5 Å². The summed E-state index contributed by atoms with van der Waals surface area (Å²) in [7, 11) is 0. The van der Waals surface area contributed by atoms with Crippen LogP contribution >= 0.6 is 0 Å². The fraction of sp³-hybridized carbons (Fsp3) is 0.333. The molecule has 0 saturated carbocycles. The minimum absolute atomic E-state index is 0.123. The number of aliphatic hydroxyl groups excluding tert-OH is 1. The van der Waals surface area contributed by atoms with Crippen LogP contribution in [0.5, 0.6) is 5.75 Å². The molecule has 1 atom stereocenters. The molecule has 72 valence electrons. The zero-order valence-corrected chi connectivity index (χ0v) is 6.91. The van der Waals surface area contributed by atoms with Gasteiger partial charge in [0.15, 0.2) is 0 Å². The lowest BCUT2D eigenvalue weighted by molar-refractivity contribution is 0.0841. The van der Waals surface area contributed by atoms with E-state index in [2.05, 4.69) is 0 Å². The second-order valence-electron chi connectivity index (χ2n) is 2.57. The molecule has 1 aromatic carbocycles. The summed E-state index contributed by atoms with van der Waals surface area (Å²) < 4.78 is 29.1. The normalized spacial score (nSPS) is 12.5. The van der Waals surface area contributed by atoms with E-state index in [1.807, 2.05) is 0 Å². The highest BCUT2D eigenvalue weighted by atomic mass is 19.1. The molecule has 0 spiro atoms. The summed E-state index contributed by atoms with van der Waals surface area (Å²) in [5.74, 6) is 0.0484. The van der Waals surface area contributed by atoms with Crippen LogP contribution < -0.4 is 4.74 Å². The molecular weight excluding hydrogens is 178 g/mol. The maximum absolute atomic E-state index is 12.4. The highest BCUT2D eigenvalue weighted by molar-refractivity contribution is 5.21. The quantitative estimate of drug-likeness (QED) is 0.776. The molecule has 0 saturated heterocycles. The van der Waals surface area contributed by atoms with Crippen molar-refractivity contribution in [3.63, 3.8) is 0 Å². The Bertz CT molecular complexity index is 248. The van der Waals surface area contributed by atoms with Gasteiger partial charge in [0, 0.05) is 0 Å². The first-order valence-corrected chi connectivity index (χ1v) is 3.85. The van der Waals surface area contributed by atoms with Crippen LogP contribution in [-0.2, 0) is 0 Å². The first-order chi connectivity index (χ1) is 6.22. The second-order valence-corrected chi connectivity index (χ2v) is 2.57. The van der Waals surface area contributed by atoms with Crippen LogP contribution in [0.2, 0.25) is 0 Å². The molecule has 1 N–H and O–H groups in total. The van der Waals surface area contributed by atoms with Crippen molar-refractivity contribution in [1.29, 1.82) is 0 Å². The van der Waals surface area contributed by atoms with Crippen molar-refractivity contribution in [3.05, 3.63) is 30.1 Å². The number of hydrogen-bond acceptors (Lipinski definition) is 2. The third-order valence-corrected chi connectivity index (χ3v) is 1.43. The van der Waals surface area contributed by atoms with E-state index < -0.39 is 12.8 Å². The molecule has 0 heterocycles. The summed E-state index contributed by atoms with van der Waals surface area (Å²) in [5.41, 5.74) is 0. The molecule has 1 aromatic rings. The van der Waals surface area contributed by atoms with Gasteiger partial charge in [0.25, 0.3) is 0 Å². The lowest BCUT2D eigenvalue weighted by Crippen LogP contribution is -2.19. The summed E-state index contributed by atoms with van der Waals surface area (Å²) in [4.78, 5) is 0. The van der Waals surface area contributed by atoms with Gasteiger partial charge < -0.3 is 9.84 Å². The predicted molar refractivity (Wildman–Crippen MR) is 43.9 cm³/mol. The van der Waals surface area contributed by atoms with Crippen LogP contribution in [0.3, 0.4) is 0 Å². The molecule has 0 aliphatic heterocycles. The Morgan fingerprint density at radius 3 is 2.46 bits per heavy atom. The molecule has 2 nitrogen and oxygen atoms in total. The van der Waals surface area contributed by atoms with Gasteiger partial charge >= 0.3 is 0 Å². The van der Waals surface area contributed by atoms with Crippen LogP contribution in [-0.4, -0.2) is 24.5 Å². The van der Waals surface area contributed by atoms with Gasteiger partial charge in [0.05, 0.1) is 0 Å². The number of aliphatic hydroxyl groups is 1. The van der Waals surface area contributed by atoms with Gasteiger partial charge in [-0.2, -0.15) is 0 Å². The Labute approximate surface area is 74.8 Å². The Kier molecular flexibility index (Phi) is 3.64. The second kappa shape index (κ2) is 4.77. The van der Waals surface area contributed by atoms with Crippen LogP contribution in [0.1, 0.15) is 0 Å². The van der Waals surface area contributed by atoms with E-state index >= 15 is 0 Å². The summed E-state index contributed by atoms with van der Waals surface area (Å²) in [6.45, 7) is -0.969.